The first-order valence-electron chi connectivity index (χ1n) is 11.0. The van der Waals surface area contributed by atoms with Crippen molar-refractivity contribution in [3.8, 4) is 0 Å². The Labute approximate surface area is 171 Å². The second-order valence-corrected chi connectivity index (χ2v) is 8.46. The molecule has 0 aliphatic rings. The summed E-state index contributed by atoms with van der Waals surface area (Å²) in [4.78, 5) is 18.6. The van der Waals surface area contributed by atoms with E-state index >= 15 is 0 Å². The van der Waals surface area contributed by atoms with E-state index in [1.54, 1.807) is 0 Å². The van der Waals surface area contributed by atoms with Crippen LogP contribution in [-0.2, 0) is 4.79 Å². The van der Waals surface area contributed by atoms with Gasteiger partial charge in [0.1, 0.15) is 0 Å². The minimum atomic E-state index is 0.172. The Morgan fingerprint density at radius 1 is 1.14 bits per heavy atom. The Kier molecular flexibility index (Phi) is 9.04. The number of nitrogens with zero attached hydrogens (tertiary/aromatic N) is 1. The normalized spacial score (nSPS) is 14.0. The molecule has 1 heterocycles. The fraction of sp³-hybridized carbons (Fsp3) is 0.625. The molecule has 0 spiro atoms. The van der Waals surface area contributed by atoms with Crippen molar-refractivity contribution in [2.45, 2.75) is 72.3 Å². The Morgan fingerprint density at radius 3 is 2.54 bits per heavy atom. The van der Waals surface area contributed by atoms with E-state index in [0.717, 1.165) is 44.4 Å². The molecule has 1 aromatic heterocycles. The summed E-state index contributed by atoms with van der Waals surface area (Å²) in [5, 5.41) is 4.48. The molecule has 2 aromatic rings. The summed E-state index contributed by atoms with van der Waals surface area (Å²) in [6.07, 6.45) is 5.83. The van der Waals surface area contributed by atoms with Gasteiger partial charge in [0, 0.05) is 29.6 Å². The summed E-state index contributed by atoms with van der Waals surface area (Å²) >= 11 is 0. The second kappa shape index (κ2) is 11.3. The molecule has 0 unspecified atom stereocenters. The number of benzene rings is 1. The summed E-state index contributed by atoms with van der Waals surface area (Å²) in [6, 6.07) is 8.60. The lowest BCUT2D eigenvalue weighted by atomic mass is 9.87. The molecule has 0 saturated carbocycles. The number of aromatic amines is 1. The number of carbonyl (C=O) groups is 1. The zero-order chi connectivity index (χ0) is 20.5. The van der Waals surface area contributed by atoms with Crippen molar-refractivity contribution in [3.63, 3.8) is 0 Å². The van der Waals surface area contributed by atoms with Crippen molar-refractivity contribution in [1.29, 1.82) is 0 Å². The van der Waals surface area contributed by atoms with Gasteiger partial charge < -0.3 is 15.2 Å². The number of para-hydroxylation sites is 1. The number of rotatable bonds is 12. The maximum atomic E-state index is 12.8. The highest BCUT2D eigenvalue weighted by atomic mass is 16.1. The highest BCUT2D eigenvalue weighted by Gasteiger charge is 2.21. The quantitative estimate of drug-likeness (QED) is 0.520. The molecule has 4 nitrogen and oxygen atoms in total. The maximum absolute atomic E-state index is 12.8. The van der Waals surface area contributed by atoms with Crippen LogP contribution in [0.3, 0.4) is 0 Å². The van der Waals surface area contributed by atoms with Crippen LogP contribution in [0.2, 0.25) is 0 Å². The average Bonchev–Trinajstić information content (AvgIpc) is 3.08. The van der Waals surface area contributed by atoms with Crippen LogP contribution in [0.4, 0.5) is 0 Å². The molecule has 1 amide bonds. The Morgan fingerprint density at radius 2 is 1.86 bits per heavy atom. The molecule has 0 bridgehead atoms. The SMILES string of the molecule is CCN(CC)CCC[C@H](C)NC(=O)C[C@H](CC(C)C)c1c[nH]c2ccccc12. The Bertz CT molecular complexity index is 717. The molecular weight excluding hydrogens is 346 g/mol. The Balaban J connectivity index is 1.94. The van der Waals surface area contributed by atoms with Gasteiger partial charge in [-0.2, -0.15) is 0 Å². The van der Waals surface area contributed by atoms with Crippen LogP contribution in [-0.4, -0.2) is 41.5 Å². The monoisotopic (exact) mass is 385 g/mol. The third kappa shape index (κ3) is 6.66. The van der Waals surface area contributed by atoms with E-state index in [-0.39, 0.29) is 17.9 Å². The first kappa shape index (κ1) is 22.5. The summed E-state index contributed by atoms with van der Waals surface area (Å²) in [5.74, 6) is 0.975. The number of hydrogen-bond acceptors (Lipinski definition) is 2. The molecule has 0 aliphatic heterocycles. The molecule has 2 rings (SSSR count). The number of amides is 1. The molecule has 0 radical (unpaired) electrons. The molecular formula is C24H39N3O. The van der Waals surface area contributed by atoms with E-state index < -0.39 is 0 Å². The topological polar surface area (TPSA) is 48.1 Å². The molecule has 156 valence electrons. The third-order valence-electron chi connectivity index (χ3n) is 5.66. The highest BCUT2D eigenvalue weighted by Crippen LogP contribution is 2.32. The fourth-order valence-electron chi connectivity index (χ4n) is 4.11. The molecule has 0 saturated heterocycles. The summed E-state index contributed by atoms with van der Waals surface area (Å²) in [6.45, 7) is 14.3. The van der Waals surface area contributed by atoms with Crippen molar-refractivity contribution in [3.05, 3.63) is 36.0 Å². The minimum absolute atomic E-state index is 0.172. The van der Waals surface area contributed by atoms with E-state index in [0.29, 0.717) is 12.3 Å². The zero-order valence-corrected chi connectivity index (χ0v) is 18.4. The van der Waals surface area contributed by atoms with Gasteiger partial charge in [0.25, 0.3) is 0 Å². The van der Waals surface area contributed by atoms with E-state index in [1.165, 1.54) is 10.9 Å². The molecule has 1 aromatic carbocycles. The number of carbonyl (C=O) groups excluding carboxylic acids is 1. The van der Waals surface area contributed by atoms with Crippen LogP contribution >= 0.6 is 0 Å². The van der Waals surface area contributed by atoms with Gasteiger partial charge in [0.15, 0.2) is 0 Å². The van der Waals surface area contributed by atoms with Crippen LogP contribution in [0.25, 0.3) is 10.9 Å². The van der Waals surface area contributed by atoms with E-state index in [4.69, 9.17) is 0 Å². The first-order chi connectivity index (χ1) is 13.4. The van der Waals surface area contributed by atoms with Crippen molar-refractivity contribution >= 4 is 16.8 Å². The van der Waals surface area contributed by atoms with Crippen LogP contribution < -0.4 is 5.32 Å². The smallest absolute Gasteiger partial charge is 0.220 e. The van der Waals surface area contributed by atoms with Gasteiger partial charge in [-0.15, -0.1) is 0 Å². The summed E-state index contributed by atoms with van der Waals surface area (Å²) in [7, 11) is 0. The van der Waals surface area contributed by atoms with Crippen LogP contribution in [0.1, 0.15) is 71.8 Å². The lowest BCUT2D eigenvalue weighted by Crippen LogP contribution is -2.34. The number of hydrogen-bond donors (Lipinski definition) is 2. The van der Waals surface area contributed by atoms with Crippen LogP contribution in [0.15, 0.2) is 30.5 Å². The fourth-order valence-corrected chi connectivity index (χ4v) is 4.11. The van der Waals surface area contributed by atoms with E-state index in [9.17, 15) is 4.79 Å². The van der Waals surface area contributed by atoms with E-state index in [1.807, 2.05) is 6.07 Å². The predicted octanol–water partition coefficient (Wildman–Crippen LogP) is 5.31. The zero-order valence-electron chi connectivity index (χ0n) is 18.4. The predicted molar refractivity (Wildman–Crippen MR) is 120 cm³/mol. The molecule has 2 atom stereocenters. The molecule has 28 heavy (non-hydrogen) atoms. The van der Waals surface area contributed by atoms with Crippen LogP contribution in [0, 0.1) is 5.92 Å². The van der Waals surface area contributed by atoms with Crippen molar-refractivity contribution < 1.29 is 4.79 Å². The lowest BCUT2D eigenvalue weighted by Gasteiger charge is -2.22. The van der Waals surface area contributed by atoms with Crippen LogP contribution in [0.5, 0.6) is 0 Å². The summed E-state index contributed by atoms with van der Waals surface area (Å²) in [5.41, 5.74) is 2.42. The van der Waals surface area contributed by atoms with Gasteiger partial charge in [0.05, 0.1) is 0 Å². The lowest BCUT2D eigenvalue weighted by molar-refractivity contribution is -0.122. The van der Waals surface area contributed by atoms with Gasteiger partial charge >= 0.3 is 0 Å². The molecule has 2 N–H and O–H groups in total. The molecule has 4 heteroatoms. The third-order valence-corrected chi connectivity index (χ3v) is 5.66. The molecule has 0 fully saturated rings. The van der Waals surface area contributed by atoms with Gasteiger partial charge in [-0.3, -0.25) is 4.79 Å². The summed E-state index contributed by atoms with van der Waals surface area (Å²) < 4.78 is 0. The Hall–Kier alpha value is -1.81. The first-order valence-corrected chi connectivity index (χ1v) is 11.0. The van der Waals surface area contributed by atoms with Crippen molar-refractivity contribution in [2.75, 3.05) is 19.6 Å². The maximum Gasteiger partial charge on any atom is 0.220 e. The van der Waals surface area contributed by atoms with Gasteiger partial charge in [-0.05, 0) is 69.3 Å². The van der Waals surface area contributed by atoms with Crippen molar-refractivity contribution in [2.24, 2.45) is 5.92 Å². The number of H-pyrrole nitrogens is 1. The minimum Gasteiger partial charge on any atom is -0.361 e. The van der Waals surface area contributed by atoms with Gasteiger partial charge in [-0.25, -0.2) is 0 Å². The van der Waals surface area contributed by atoms with Gasteiger partial charge in [0.2, 0.25) is 5.91 Å². The molecule has 0 aliphatic carbocycles. The van der Waals surface area contributed by atoms with Gasteiger partial charge in [-0.1, -0.05) is 45.9 Å². The van der Waals surface area contributed by atoms with E-state index in [2.05, 4.69) is 74.2 Å². The number of aromatic nitrogens is 1. The standard InChI is InChI=1S/C24H39N3O/c1-6-27(7-2)14-10-11-19(5)26-24(28)16-20(15-18(3)4)22-17-25-23-13-9-8-12-21(22)23/h8-9,12-13,17-20,25H,6-7,10-11,14-16H2,1-5H3,(H,26,28)/t19-,20-/m0/s1. The largest absolute Gasteiger partial charge is 0.361 e. The average molecular weight is 386 g/mol. The van der Waals surface area contributed by atoms with Crippen molar-refractivity contribution in [1.82, 2.24) is 15.2 Å². The number of fused-ring (bicyclic) bond motifs is 1. The second-order valence-electron chi connectivity index (χ2n) is 8.46. The number of nitrogens with one attached hydrogen (secondary N) is 2. The highest BCUT2D eigenvalue weighted by molar-refractivity contribution is 5.85.